The number of aryl methyl sites for hydroxylation is 1. The molecular weight excluding hydrogens is 470 g/mol. The van der Waals surface area contributed by atoms with Crippen molar-refractivity contribution in [1.29, 1.82) is 0 Å². The van der Waals surface area contributed by atoms with Crippen molar-refractivity contribution in [2.24, 2.45) is 11.8 Å². The van der Waals surface area contributed by atoms with Crippen molar-refractivity contribution >= 4 is 29.1 Å². The number of esters is 1. The number of carbonyl (C=O) groups excluding carboxylic acids is 4. The average Bonchev–Trinajstić information content (AvgIpc) is 2.80. The molecule has 1 fully saturated rings. The molecule has 192 valence electrons. The van der Waals surface area contributed by atoms with E-state index in [1.807, 2.05) is 0 Å². The second-order valence-electron chi connectivity index (χ2n) is 9.83. The van der Waals surface area contributed by atoms with Crippen LogP contribution in [0.5, 0.6) is 5.75 Å². The molecule has 10 nitrogen and oxygen atoms in total. The monoisotopic (exact) mass is 499 g/mol. The topological polar surface area (TPSA) is 162 Å². The minimum atomic E-state index is -2.60. The molecule has 1 aromatic rings. The number of hydrogen-bond donors (Lipinski definition) is 4. The fourth-order valence-electron chi connectivity index (χ4n) is 5.98. The van der Waals surface area contributed by atoms with Gasteiger partial charge in [-0.25, -0.2) is 0 Å². The molecule has 3 aliphatic carbocycles. The van der Waals surface area contributed by atoms with Gasteiger partial charge in [-0.2, -0.15) is 0 Å². The predicted molar refractivity (Wildman–Crippen MR) is 126 cm³/mol. The highest BCUT2D eigenvalue weighted by molar-refractivity contribution is 6.25. The highest BCUT2D eigenvalue weighted by Gasteiger charge is 2.64. The van der Waals surface area contributed by atoms with E-state index in [0.717, 1.165) is 6.92 Å². The number of ketones is 3. The molecule has 0 spiro atoms. The molecule has 4 N–H and O–H groups in total. The molecule has 4 rings (SSSR count). The minimum Gasteiger partial charge on any atom is -0.508 e. The number of nitrogens with zero attached hydrogens (tertiary/aromatic N) is 1. The van der Waals surface area contributed by atoms with Crippen LogP contribution in [0.15, 0.2) is 29.0 Å². The Morgan fingerprint density at radius 1 is 1.17 bits per heavy atom. The van der Waals surface area contributed by atoms with Gasteiger partial charge in [0, 0.05) is 17.9 Å². The van der Waals surface area contributed by atoms with Crippen molar-refractivity contribution in [1.82, 2.24) is 4.90 Å². The number of likely N-dealkylation sites (N-methyl/N-ethyl adjacent to an activating group) is 1. The van der Waals surface area contributed by atoms with Crippen molar-refractivity contribution in [3.63, 3.8) is 0 Å². The zero-order chi connectivity index (χ0) is 26.7. The molecular formula is C26H29NO9. The van der Waals surface area contributed by atoms with Crippen LogP contribution in [0.3, 0.4) is 0 Å². The molecule has 36 heavy (non-hydrogen) atoms. The van der Waals surface area contributed by atoms with E-state index in [1.165, 1.54) is 18.1 Å². The summed E-state index contributed by atoms with van der Waals surface area (Å²) < 4.78 is 4.70. The Labute approximate surface area is 207 Å². The number of Topliss-reactive ketones (excluding diaryl/α,β-unsaturated/α-hetero) is 3. The summed E-state index contributed by atoms with van der Waals surface area (Å²) >= 11 is 0. The van der Waals surface area contributed by atoms with E-state index in [-0.39, 0.29) is 42.6 Å². The van der Waals surface area contributed by atoms with Crippen molar-refractivity contribution in [3.8, 4) is 5.75 Å². The standard InChI is InChI=1S/C26H29NO9/c1-11(28)18-23(32)21(27(2)3)15-10-13-9-14-12(6-8-17(30)36-4)5-7-16(29)20(14)22(31)19(13)25(34)26(15,35)24(18)33/h5,7,13,15,21,29,31,33,35H,6,8-10H2,1-4H3/t13-,15-,21?,26+/m0/s1. The second-order valence-corrected chi connectivity index (χ2v) is 9.83. The highest BCUT2D eigenvalue weighted by atomic mass is 16.5. The second kappa shape index (κ2) is 8.86. The summed E-state index contributed by atoms with van der Waals surface area (Å²) in [6.45, 7) is 1.07. The lowest BCUT2D eigenvalue weighted by Crippen LogP contribution is -2.65. The molecule has 0 radical (unpaired) electrons. The lowest BCUT2D eigenvalue weighted by atomic mass is 9.57. The van der Waals surface area contributed by atoms with E-state index < -0.39 is 63.9 Å². The number of carbonyl (C=O) groups is 4. The average molecular weight is 500 g/mol. The van der Waals surface area contributed by atoms with E-state index in [4.69, 9.17) is 4.74 Å². The first-order valence-electron chi connectivity index (χ1n) is 11.6. The molecule has 0 aromatic heterocycles. The summed E-state index contributed by atoms with van der Waals surface area (Å²) in [5, 5.41) is 44.3. The lowest BCUT2D eigenvalue weighted by molar-refractivity contribution is -0.153. The summed E-state index contributed by atoms with van der Waals surface area (Å²) in [4.78, 5) is 52.4. The van der Waals surface area contributed by atoms with E-state index in [9.17, 15) is 39.6 Å². The molecule has 1 aromatic carbocycles. The van der Waals surface area contributed by atoms with Crippen LogP contribution in [-0.4, -0.2) is 81.5 Å². The Morgan fingerprint density at radius 3 is 2.42 bits per heavy atom. The van der Waals surface area contributed by atoms with E-state index in [1.54, 1.807) is 20.2 Å². The Bertz CT molecular complexity index is 1260. The summed E-state index contributed by atoms with van der Waals surface area (Å²) in [7, 11) is 4.43. The van der Waals surface area contributed by atoms with Crippen LogP contribution in [0.25, 0.3) is 5.76 Å². The van der Waals surface area contributed by atoms with Gasteiger partial charge in [0.2, 0.25) is 5.78 Å². The number of rotatable bonds is 5. The van der Waals surface area contributed by atoms with Gasteiger partial charge >= 0.3 is 5.97 Å². The third kappa shape index (κ3) is 3.55. The third-order valence-electron chi connectivity index (χ3n) is 7.63. The van der Waals surface area contributed by atoms with Crippen molar-refractivity contribution < 1.29 is 44.3 Å². The van der Waals surface area contributed by atoms with Crippen LogP contribution in [-0.2, 0) is 36.8 Å². The summed E-state index contributed by atoms with van der Waals surface area (Å²) in [6.07, 6.45) is 0.574. The molecule has 0 heterocycles. The summed E-state index contributed by atoms with van der Waals surface area (Å²) in [6, 6.07) is 1.92. The first kappa shape index (κ1) is 25.6. The predicted octanol–water partition coefficient (Wildman–Crippen LogP) is 1.17. The fraction of sp³-hybridized carbons (Fsp3) is 0.462. The fourth-order valence-corrected chi connectivity index (χ4v) is 5.98. The summed E-state index contributed by atoms with van der Waals surface area (Å²) in [5.41, 5.74) is -2.16. The number of aromatic hydroxyl groups is 1. The van der Waals surface area contributed by atoms with Crippen molar-refractivity contribution in [2.75, 3.05) is 21.2 Å². The normalized spacial score (nSPS) is 27.6. The number of hydrogen-bond acceptors (Lipinski definition) is 10. The summed E-state index contributed by atoms with van der Waals surface area (Å²) in [5.74, 6) is -6.47. The van der Waals surface area contributed by atoms with Gasteiger partial charge in [0.1, 0.15) is 22.8 Å². The van der Waals surface area contributed by atoms with Crippen molar-refractivity contribution in [2.45, 2.75) is 44.2 Å². The van der Waals surface area contributed by atoms with E-state index in [2.05, 4.69) is 0 Å². The molecule has 0 aliphatic heterocycles. The highest BCUT2D eigenvalue weighted by Crippen LogP contribution is 2.53. The number of benzene rings is 1. The maximum absolute atomic E-state index is 13.8. The minimum absolute atomic E-state index is 0.0188. The molecule has 1 unspecified atom stereocenters. The molecule has 0 saturated heterocycles. The van der Waals surface area contributed by atoms with Crippen molar-refractivity contribution in [3.05, 3.63) is 45.7 Å². The van der Waals surface area contributed by atoms with Crippen LogP contribution in [0.1, 0.15) is 36.5 Å². The SMILES string of the molecule is COC(=O)CCc1ccc(O)c2c1C[C@H]1C[C@H]3C(N(C)C)C(=O)C(C(C)=O)=C(O)[C@@]3(O)C(=O)C1=C2O. The number of phenolic OH excluding ortho intramolecular Hbond substituents is 1. The number of phenols is 1. The number of methoxy groups -OCH3 is 1. The van der Waals surface area contributed by atoms with Gasteiger partial charge in [0.25, 0.3) is 0 Å². The number of aliphatic hydroxyl groups excluding tert-OH is 2. The van der Waals surface area contributed by atoms with Gasteiger partial charge in [0.15, 0.2) is 17.2 Å². The van der Waals surface area contributed by atoms with Crippen LogP contribution >= 0.6 is 0 Å². The smallest absolute Gasteiger partial charge is 0.305 e. The maximum Gasteiger partial charge on any atom is 0.305 e. The number of aliphatic hydroxyl groups is 3. The van der Waals surface area contributed by atoms with Gasteiger partial charge < -0.3 is 25.2 Å². The Hall–Kier alpha value is -3.50. The zero-order valence-corrected chi connectivity index (χ0v) is 20.5. The molecule has 4 atom stereocenters. The van der Waals surface area contributed by atoms with Gasteiger partial charge in [0.05, 0.1) is 18.7 Å². The van der Waals surface area contributed by atoms with Gasteiger partial charge in [-0.3, -0.25) is 24.1 Å². The van der Waals surface area contributed by atoms with Gasteiger partial charge in [-0.15, -0.1) is 0 Å². The zero-order valence-electron chi connectivity index (χ0n) is 20.5. The molecule has 0 amide bonds. The Morgan fingerprint density at radius 2 is 1.83 bits per heavy atom. The first-order valence-corrected chi connectivity index (χ1v) is 11.6. The maximum atomic E-state index is 13.8. The van der Waals surface area contributed by atoms with E-state index >= 15 is 0 Å². The molecule has 0 bridgehead atoms. The Kier molecular flexibility index (Phi) is 6.30. The Balaban J connectivity index is 1.90. The first-order chi connectivity index (χ1) is 16.9. The third-order valence-corrected chi connectivity index (χ3v) is 7.63. The number of ether oxygens (including phenoxy) is 1. The molecule has 10 heteroatoms. The van der Waals surface area contributed by atoms with E-state index in [0.29, 0.717) is 11.1 Å². The van der Waals surface area contributed by atoms with Crippen LogP contribution in [0.4, 0.5) is 0 Å². The largest absolute Gasteiger partial charge is 0.508 e. The molecule has 3 aliphatic rings. The van der Waals surface area contributed by atoms with Crippen LogP contribution < -0.4 is 0 Å². The van der Waals surface area contributed by atoms with Crippen LogP contribution in [0.2, 0.25) is 0 Å². The van der Waals surface area contributed by atoms with Crippen LogP contribution in [0, 0.1) is 11.8 Å². The quantitative estimate of drug-likeness (QED) is 0.342. The van der Waals surface area contributed by atoms with Gasteiger partial charge in [-0.1, -0.05) is 6.07 Å². The number of fused-ring (bicyclic) bond motifs is 3. The van der Waals surface area contributed by atoms with Gasteiger partial charge in [-0.05, 0) is 63.4 Å². The lowest BCUT2D eigenvalue weighted by Gasteiger charge is -2.50. The molecule has 1 saturated carbocycles.